The summed E-state index contributed by atoms with van der Waals surface area (Å²) in [4.78, 5) is 24.7. The van der Waals surface area contributed by atoms with E-state index in [-0.39, 0.29) is 18.0 Å². The minimum Gasteiger partial charge on any atom is -0.497 e. The molecule has 3 aromatic rings. The zero-order valence-corrected chi connectivity index (χ0v) is 14.2. The van der Waals surface area contributed by atoms with E-state index in [9.17, 15) is 9.59 Å². The fourth-order valence-electron chi connectivity index (χ4n) is 2.69. The molecule has 1 amide bonds. The normalized spacial score (nSPS) is 10.6. The van der Waals surface area contributed by atoms with E-state index in [0.29, 0.717) is 11.9 Å². The first-order valence-corrected chi connectivity index (χ1v) is 7.94. The van der Waals surface area contributed by atoms with Gasteiger partial charge in [0, 0.05) is 11.9 Å². The Kier molecular flexibility index (Phi) is 4.79. The Balaban J connectivity index is 1.74. The summed E-state index contributed by atoms with van der Waals surface area (Å²) in [6.45, 7) is 2.07. The fraction of sp³-hybridized carbons (Fsp3) is 0.211. The summed E-state index contributed by atoms with van der Waals surface area (Å²) in [5.41, 5.74) is 1.37. The summed E-state index contributed by atoms with van der Waals surface area (Å²) < 4.78 is 6.37. The zero-order valence-electron chi connectivity index (χ0n) is 14.2. The molecule has 0 aliphatic carbocycles. The number of carbonyl (C=O) groups excluding carboxylic acids is 1. The number of fused-ring (bicyclic) bond motifs is 1. The Hall–Kier alpha value is -3.15. The van der Waals surface area contributed by atoms with Crippen molar-refractivity contribution in [1.29, 1.82) is 0 Å². The highest BCUT2D eigenvalue weighted by Gasteiger charge is 2.10. The standard InChI is InChI=1S/C19H19N3O3/c1-13-16-8-3-4-9-17(16)19(24)22(21-13)12-18(23)20-11-14-6-5-7-15(10-14)25-2/h3-10H,11-12H2,1-2H3,(H,20,23). The van der Waals surface area contributed by atoms with Crippen molar-refractivity contribution in [1.82, 2.24) is 15.1 Å². The van der Waals surface area contributed by atoms with Gasteiger partial charge in [-0.3, -0.25) is 9.59 Å². The predicted octanol–water partition coefficient (Wildman–Crippen LogP) is 2.03. The first-order valence-electron chi connectivity index (χ1n) is 7.94. The molecule has 0 bridgehead atoms. The van der Waals surface area contributed by atoms with Crippen LogP contribution in [0.3, 0.4) is 0 Å². The van der Waals surface area contributed by atoms with Crippen LogP contribution in [0.1, 0.15) is 11.3 Å². The van der Waals surface area contributed by atoms with Gasteiger partial charge in [-0.05, 0) is 30.7 Å². The number of rotatable bonds is 5. The Morgan fingerprint density at radius 3 is 2.68 bits per heavy atom. The molecule has 0 atom stereocenters. The van der Waals surface area contributed by atoms with Crippen LogP contribution in [-0.4, -0.2) is 22.8 Å². The van der Waals surface area contributed by atoms with Gasteiger partial charge in [-0.1, -0.05) is 30.3 Å². The van der Waals surface area contributed by atoms with Gasteiger partial charge in [-0.15, -0.1) is 0 Å². The monoisotopic (exact) mass is 337 g/mol. The number of nitrogens with zero attached hydrogens (tertiary/aromatic N) is 2. The molecule has 0 aliphatic rings. The van der Waals surface area contributed by atoms with Gasteiger partial charge in [0.15, 0.2) is 0 Å². The number of amides is 1. The highest BCUT2D eigenvalue weighted by atomic mass is 16.5. The lowest BCUT2D eigenvalue weighted by Gasteiger charge is -2.10. The molecule has 3 rings (SSSR count). The molecule has 0 fully saturated rings. The number of benzene rings is 2. The second kappa shape index (κ2) is 7.17. The maximum absolute atomic E-state index is 12.5. The first-order chi connectivity index (χ1) is 12.1. The highest BCUT2D eigenvalue weighted by molar-refractivity contribution is 5.83. The van der Waals surface area contributed by atoms with Crippen LogP contribution >= 0.6 is 0 Å². The SMILES string of the molecule is COc1cccc(CNC(=O)Cn2nc(C)c3ccccc3c2=O)c1. The van der Waals surface area contributed by atoms with Crippen LogP contribution in [-0.2, 0) is 17.9 Å². The van der Waals surface area contributed by atoms with Crippen LogP contribution in [0.4, 0.5) is 0 Å². The van der Waals surface area contributed by atoms with E-state index in [4.69, 9.17) is 4.74 Å². The Morgan fingerprint density at radius 2 is 1.92 bits per heavy atom. The van der Waals surface area contributed by atoms with Crippen LogP contribution in [0.15, 0.2) is 53.3 Å². The van der Waals surface area contributed by atoms with Crippen molar-refractivity contribution in [2.24, 2.45) is 0 Å². The maximum Gasteiger partial charge on any atom is 0.275 e. The second-order valence-corrected chi connectivity index (χ2v) is 5.72. The lowest BCUT2D eigenvalue weighted by Crippen LogP contribution is -2.33. The predicted molar refractivity (Wildman–Crippen MR) is 95.6 cm³/mol. The lowest BCUT2D eigenvalue weighted by atomic mass is 10.1. The van der Waals surface area contributed by atoms with Crippen molar-refractivity contribution in [3.8, 4) is 5.75 Å². The van der Waals surface area contributed by atoms with Gasteiger partial charge in [0.25, 0.3) is 5.56 Å². The Morgan fingerprint density at radius 1 is 1.16 bits per heavy atom. The molecule has 1 aromatic heterocycles. The molecule has 0 spiro atoms. The molecule has 0 unspecified atom stereocenters. The van der Waals surface area contributed by atoms with Gasteiger partial charge in [-0.2, -0.15) is 5.10 Å². The Bertz CT molecular complexity index is 979. The average molecular weight is 337 g/mol. The van der Waals surface area contributed by atoms with Crippen molar-refractivity contribution >= 4 is 16.7 Å². The van der Waals surface area contributed by atoms with Crippen molar-refractivity contribution in [2.45, 2.75) is 20.0 Å². The largest absolute Gasteiger partial charge is 0.497 e. The third kappa shape index (κ3) is 3.68. The average Bonchev–Trinajstić information content (AvgIpc) is 2.64. The number of carbonyl (C=O) groups is 1. The number of hydrogen-bond donors (Lipinski definition) is 1. The lowest BCUT2D eigenvalue weighted by molar-refractivity contribution is -0.122. The van der Waals surface area contributed by atoms with E-state index in [1.807, 2.05) is 43.3 Å². The molecule has 2 aromatic carbocycles. The number of aryl methyl sites for hydroxylation is 1. The summed E-state index contributed by atoms with van der Waals surface area (Å²) in [5, 5.41) is 8.42. The van der Waals surface area contributed by atoms with Crippen molar-refractivity contribution in [3.63, 3.8) is 0 Å². The molecule has 6 heteroatoms. The molecule has 0 aliphatic heterocycles. The van der Waals surface area contributed by atoms with Crippen LogP contribution in [0.25, 0.3) is 10.8 Å². The summed E-state index contributed by atoms with van der Waals surface area (Å²) >= 11 is 0. The summed E-state index contributed by atoms with van der Waals surface area (Å²) in [7, 11) is 1.60. The third-order valence-electron chi connectivity index (χ3n) is 3.97. The molecule has 1 N–H and O–H groups in total. The number of nitrogens with one attached hydrogen (secondary N) is 1. The second-order valence-electron chi connectivity index (χ2n) is 5.72. The van der Waals surface area contributed by atoms with Crippen molar-refractivity contribution in [2.75, 3.05) is 7.11 Å². The molecule has 0 saturated heterocycles. The van der Waals surface area contributed by atoms with Crippen LogP contribution in [0.5, 0.6) is 5.75 Å². The van der Waals surface area contributed by atoms with Gasteiger partial charge in [0.2, 0.25) is 5.91 Å². The van der Waals surface area contributed by atoms with E-state index in [1.165, 1.54) is 4.68 Å². The van der Waals surface area contributed by atoms with Crippen LogP contribution in [0.2, 0.25) is 0 Å². The number of hydrogen-bond acceptors (Lipinski definition) is 4. The first kappa shape index (κ1) is 16.7. The Labute approximate surface area is 145 Å². The van der Waals surface area contributed by atoms with E-state index < -0.39 is 0 Å². The number of aromatic nitrogens is 2. The molecule has 25 heavy (non-hydrogen) atoms. The highest BCUT2D eigenvalue weighted by Crippen LogP contribution is 2.13. The topological polar surface area (TPSA) is 73.2 Å². The molecule has 128 valence electrons. The van der Waals surface area contributed by atoms with Crippen molar-refractivity contribution in [3.05, 3.63) is 70.1 Å². The molecule has 0 saturated carbocycles. The van der Waals surface area contributed by atoms with Crippen LogP contribution < -0.4 is 15.6 Å². The van der Waals surface area contributed by atoms with Gasteiger partial charge < -0.3 is 10.1 Å². The third-order valence-corrected chi connectivity index (χ3v) is 3.97. The smallest absolute Gasteiger partial charge is 0.275 e. The minimum absolute atomic E-state index is 0.117. The van der Waals surface area contributed by atoms with Crippen molar-refractivity contribution < 1.29 is 9.53 Å². The van der Waals surface area contributed by atoms with E-state index >= 15 is 0 Å². The summed E-state index contributed by atoms with van der Waals surface area (Å²) in [6.07, 6.45) is 0. The zero-order chi connectivity index (χ0) is 17.8. The molecule has 1 heterocycles. The molecule has 0 radical (unpaired) electrons. The van der Waals surface area contributed by atoms with Gasteiger partial charge >= 0.3 is 0 Å². The fourth-order valence-corrected chi connectivity index (χ4v) is 2.69. The van der Waals surface area contributed by atoms with Gasteiger partial charge in [-0.25, -0.2) is 4.68 Å². The molecular formula is C19H19N3O3. The number of ether oxygens (including phenoxy) is 1. The minimum atomic E-state index is -0.271. The maximum atomic E-state index is 12.5. The number of methoxy groups -OCH3 is 1. The van der Waals surface area contributed by atoms with E-state index in [2.05, 4.69) is 10.4 Å². The van der Waals surface area contributed by atoms with E-state index in [0.717, 1.165) is 22.4 Å². The molecular weight excluding hydrogens is 318 g/mol. The summed E-state index contributed by atoms with van der Waals surface area (Å²) in [6, 6.07) is 14.7. The van der Waals surface area contributed by atoms with E-state index in [1.54, 1.807) is 19.2 Å². The van der Waals surface area contributed by atoms with Crippen LogP contribution in [0, 0.1) is 6.92 Å². The quantitative estimate of drug-likeness (QED) is 0.773. The molecule has 6 nitrogen and oxygen atoms in total. The van der Waals surface area contributed by atoms with Gasteiger partial charge in [0.05, 0.1) is 18.2 Å². The van der Waals surface area contributed by atoms with Gasteiger partial charge in [0.1, 0.15) is 12.3 Å². The summed E-state index contributed by atoms with van der Waals surface area (Å²) in [5.74, 6) is 0.460.